The highest BCUT2D eigenvalue weighted by Gasteiger charge is 2.54. The van der Waals surface area contributed by atoms with E-state index in [9.17, 15) is 4.39 Å². The maximum Gasteiger partial charge on any atom is 0.128 e. The summed E-state index contributed by atoms with van der Waals surface area (Å²) in [4.78, 5) is 0. The zero-order chi connectivity index (χ0) is 13.5. The Hall–Kier alpha value is -0.610. The van der Waals surface area contributed by atoms with Crippen molar-refractivity contribution >= 4 is 15.9 Å². The van der Waals surface area contributed by atoms with E-state index in [1.165, 1.54) is 31.4 Å². The van der Waals surface area contributed by atoms with Crippen molar-refractivity contribution in [3.63, 3.8) is 0 Å². The average molecular weight is 328 g/mol. The highest BCUT2D eigenvalue weighted by molar-refractivity contribution is 9.10. The van der Waals surface area contributed by atoms with Gasteiger partial charge in [-0.15, -0.1) is 0 Å². The number of nitrogens with two attached hydrogens (primary N) is 1. The van der Waals surface area contributed by atoms with E-state index in [4.69, 9.17) is 10.5 Å². The lowest BCUT2D eigenvalue weighted by Crippen LogP contribution is -2.64. The highest BCUT2D eigenvalue weighted by atomic mass is 79.9. The summed E-state index contributed by atoms with van der Waals surface area (Å²) in [6.07, 6.45) is 7.10. The van der Waals surface area contributed by atoms with Crippen molar-refractivity contribution in [3.8, 4) is 5.75 Å². The molecule has 0 heterocycles. The summed E-state index contributed by atoms with van der Waals surface area (Å²) in [6, 6.07) is 4.96. The maximum atomic E-state index is 13.4. The molecule has 4 heteroatoms. The van der Waals surface area contributed by atoms with Crippen molar-refractivity contribution in [2.45, 2.75) is 50.7 Å². The number of hydrogen-bond donors (Lipinski definition) is 1. The summed E-state index contributed by atoms with van der Waals surface area (Å²) in [7, 11) is 0. The molecule has 2 nitrogen and oxygen atoms in total. The Morgan fingerprint density at radius 1 is 1.21 bits per heavy atom. The molecule has 2 aliphatic rings. The van der Waals surface area contributed by atoms with Crippen molar-refractivity contribution in [2.24, 2.45) is 11.1 Å². The molecule has 2 fully saturated rings. The minimum Gasteiger partial charge on any atom is -0.490 e. The minimum atomic E-state index is -0.273. The van der Waals surface area contributed by atoms with Crippen LogP contribution in [-0.4, -0.2) is 12.1 Å². The molecule has 1 spiro atoms. The van der Waals surface area contributed by atoms with Crippen LogP contribution >= 0.6 is 15.9 Å². The third-order valence-electron chi connectivity index (χ3n) is 4.75. The molecule has 0 radical (unpaired) electrons. The molecule has 0 aliphatic heterocycles. The molecule has 19 heavy (non-hydrogen) atoms. The fourth-order valence-corrected chi connectivity index (χ4v) is 4.05. The third-order valence-corrected chi connectivity index (χ3v) is 5.20. The quantitative estimate of drug-likeness (QED) is 0.890. The fraction of sp³-hybridized carbons (Fsp3) is 0.600. The highest BCUT2D eigenvalue weighted by Crippen LogP contribution is 2.52. The molecule has 1 aromatic carbocycles. The predicted octanol–water partition coefficient (Wildman–Crippen LogP) is 4.02. The number of benzene rings is 1. The van der Waals surface area contributed by atoms with E-state index in [0.29, 0.717) is 10.2 Å². The lowest BCUT2D eigenvalue weighted by atomic mass is 9.55. The molecule has 1 aromatic rings. The topological polar surface area (TPSA) is 35.2 Å². The lowest BCUT2D eigenvalue weighted by molar-refractivity contribution is -0.0899. The molecule has 2 N–H and O–H groups in total. The van der Waals surface area contributed by atoms with Crippen LogP contribution in [0.25, 0.3) is 0 Å². The molecular formula is C15H19BrFNO. The van der Waals surface area contributed by atoms with Gasteiger partial charge in [-0.3, -0.25) is 0 Å². The molecule has 2 saturated carbocycles. The van der Waals surface area contributed by atoms with E-state index < -0.39 is 0 Å². The Bertz CT molecular complexity index is 453. The van der Waals surface area contributed by atoms with Gasteiger partial charge in [-0.05, 0) is 25.0 Å². The number of ether oxygens (including phenoxy) is 1. The van der Waals surface area contributed by atoms with Crippen LogP contribution in [0.2, 0.25) is 0 Å². The summed E-state index contributed by atoms with van der Waals surface area (Å²) in [6.45, 7) is 0. The van der Waals surface area contributed by atoms with E-state index >= 15 is 0 Å². The van der Waals surface area contributed by atoms with Gasteiger partial charge in [0, 0.05) is 28.4 Å². The van der Waals surface area contributed by atoms with Crippen LogP contribution in [0.4, 0.5) is 4.39 Å². The van der Waals surface area contributed by atoms with Gasteiger partial charge in [0.15, 0.2) is 0 Å². The van der Waals surface area contributed by atoms with Gasteiger partial charge in [-0.2, -0.15) is 0 Å². The zero-order valence-corrected chi connectivity index (χ0v) is 12.5. The number of rotatable bonds is 2. The van der Waals surface area contributed by atoms with Crippen molar-refractivity contribution in [1.29, 1.82) is 0 Å². The molecule has 0 aromatic heterocycles. The molecule has 0 bridgehead atoms. The Morgan fingerprint density at radius 2 is 1.95 bits per heavy atom. The number of hydrogen-bond acceptors (Lipinski definition) is 2. The second-order valence-corrected chi connectivity index (χ2v) is 6.76. The van der Waals surface area contributed by atoms with Crippen molar-refractivity contribution < 1.29 is 9.13 Å². The molecular weight excluding hydrogens is 309 g/mol. The molecule has 0 amide bonds. The van der Waals surface area contributed by atoms with Crippen LogP contribution in [-0.2, 0) is 0 Å². The average Bonchev–Trinajstić information content (AvgIpc) is 2.38. The second kappa shape index (κ2) is 5.06. The van der Waals surface area contributed by atoms with Crippen LogP contribution in [0, 0.1) is 11.2 Å². The first-order valence-corrected chi connectivity index (χ1v) is 7.78. The predicted molar refractivity (Wildman–Crippen MR) is 76.6 cm³/mol. The van der Waals surface area contributed by atoms with E-state index in [1.807, 2.05) is 6.07 Å². The minimum absolute atomic E-state index is 0.136. The van der Waals surface area contributed by atoms with E-state index in [0.717, 1.165) is 19.3 Å². The van der Waals surface area contributed by atoms with Crippen molar-refractivity contribution in [1.82, 2.24) is 0 Å². The summed E-state index contributed by atoms with van der Waals surface area (Å²) in [5, 5.41) is 0. The first-order chi connectivity index (χ1) is 9.10. The fourth-order valence-electron chi connectivity index (χ4n) is 3.61. The van der Waals surface area contributed by atoms with Crippen molar-refractivity contribution in [2.75, 3.05) is 0 Å². The van der Waals surface area contributed by atoms with Gasteiger partial charge in [0.1, 0.15) is 17.7 Å². The first-order valence-electron chi connectivity index (χ1n) is 6.98. The van der Waals surface area contributed by atoms with E-state index in [-0.39, 0.29) is 23.4 Å². The molecule has 0 saturated heterocycles. The second-order valence-electron chi connectivity index (χ2n) is 5.85. The third kappa shape index (κ3) is 2.40. The van der Waals surface area contributed by atoms with E-state index in [2.05, 4.69) is 15.9 Å². The van der Waals surface area contributed by atoms with Crippen LogP contribution in [0.5, 0.6) is 5.75 Å². The van der Waals surface area contributed by atoms with Crippen LogP contribution < -0.4 is 10.5 Å². The SMILES string of the molecule is NC1CC(Oc2cc(F)cc(Br)c2)C12CCCCC2. The van der Waals surface area contributed by atoms with Crippen molar-refractivity contribution in [3.05, 3.63) is 28.5 Å². The summed E-state index contributed by atoms with van der Waals surface area (Å²) in [5.74, 6) is 0.333. The molecule has 2 unspecified atom stereocenters. The Labute approximate surface area is 121 Å². The maximum absolute atomic E-state index is 13.4. The van der Waals surface area contributed by atoms with Crippen LogP contribution in [0.1, 0.15) is 38.5 Å². The van der Waals surface area contributed by atoms with Gasteiger partial charge in [0.25, 0.3) is 0 Å². The van der Waals surface area contributed by atoms with Gasteiger partial charge in [-0.25, -0.2) is 4.39 Å². The Morgan fingerprint density at radius 3 is 2.58 bits per heavy atom. The van der Waals surface area contributed by atoms with Gasteiger partial charge < -0.3 is 10.5 Å². The Kier molecular flexibility index (Phi) is 3.56. The number of halogens is 2. The first kappa shape index (κ1) is 13.4. The Balaban J connectivity index is 1.76. The van der Waals surface area contributed by atoms with Gasteiger partial charge >= 0.3 is 0 Å². The monoisotopic (exact) mass is 327 g/mol. The van der Waals surface area contributed by atoms with Crippen LogP contribution in [0.3, 0.4) is 0 Å². The molecule has 2 aliphatic carbocycles. The van der Waals surface area contributed by atoms with Crippen LogP contribution in [0.15, 0.2) is 22.7 Å². The zero-order valence-electron chi connectivity index (χ0n) is 10.9. The molecule has 104 valence electrons. The smallest absolute Gasteiger partial charge is 0.128 e. The summed E-state index contributed by atoms with van der Waals surface area (Å²) >= 11 is 3.30. The largest absolute Gasteiger partial charge is 0.490 e. The van der Waals surface area contributed by atoms with Gasteiger partial charge in [-0.1, -0.05) is 35.2 Å². The molecule has 3 rings (SSSR count). The van der Waals surface area contributed by atoms with Gasteiger partial charge in [0.05, 0.1) is 0 Å². The normalized spacial score (nSPS) is 29.0. The summed E-state index contributed by atoms with van der Waals surface area (Å²) < 4.78 is 20.1. The standard InChI is InChI=1S/C15H19BrFNO/c16-10-6-11(17)8-12(7-10)19-14-9-13(18)15(14)4-2-1-3-5-15/h6-8,13-14H,1-5,9,18H2. The van der Waals surface area contributed by atoms with Gasteiger partial charge in [0.2, 0.25) is 0 Å². The van der Waals surface area contributed by atoms with E-state index in [1.54, 1.807) is 0 Å². The summed E-state index contributed by atoms with van der Waals surface area (Å²) in [5.41, 5.74) is 6.36. The molecule has 2 atom stereocenters. The lowest BCUT2D eigenvalue weighted by Gasteiger charge is -2.56.